The van der Waals surface area contributed by atoms with Crippen molar-refractivity contribution in [3.8, 4) is 11.5 Å². The SMILES string of the molecule is CNc1nc(-c2cn[nH]n2)nc(C2CCCC2)c1Br. The molecule has 2 aromatic rings. The Hall–Kier alpha value is -1.50. The minimum absolute atomic E-state index is 0.509. The van der Waals surface area contributed by atoms with Gasteiger partial charge in [-0.15, -0.1) is 0 Å². The molecule has 2 aromatic heterocycles. The Morgan fingerprint density at radius 1 is 1.32 bits per heavy atom. The second kappa shape index (κ2) is 5.24. The number of nitrogens with zero attached hydrogens (tertiary/aromatic N) is 4. The maximum Gasteiger partial charge on any atom is 0.184 e. The van der Waals surface area contributed by atoms with E-state index in [2.05, 4.69) is 46.6 Å². The van der Waals surface area contributed by atoms with Gasteiger partial charge in [-0.05, 0) is 28.8 Å². The Balaban J connectivity index is 2.09. The van der Waals surface area contributed by atoms with Crippen molar-refractivity contribution in [3.63, 3.8) is 0 Å². The predicted octanol–water partition coefficient (Wildman–Crippen LogP) is 2.72. The van der Waals surface area contributed by atoms with E-state index in [0.29, 0.717) is 17.4 Å². The van der Waals surface area contributed by atoms with Crippen LogP contribution in [0.2, 0.25) is 0 Å². The van der Waals surface area contributed by atoms with Crippen molar-refractivity contribution in [2.45, 2.75) is 31.6 Å². The van der Waals surface area contributed by atoms with Crippen LogP contribution in [-0.2, 0) is 0 Å². The lowest BCUT2D eigenvalue weighted by atomic mass is 10.0. The van der Waals surface area contributed by atoms with Crippen molar-refractivity contribution >= 4 is 21.7 Å². The molecule has 1 saturated carbocycles. The van der Waals surface area contributed by atoms with E-state index < -0.39 is 0 Å². The standard InChI is InChI=1S/C12H15BrN6/c1-14-12-9(13)10(7-4-2-3-5-7)16-11(17-12)8-6-15-19-18-8/h6-7H,2-5H2,1H3,(H,14,16,17)(H,15,18,19). The van der Waals surface area contributed by atoms with Crippen LogP contribution < -0.4 is 5.32 Å². The molecule has 3 rings (SSSR count). The molecule has 0 unspecified atom stereocenters. The molecule has 19 heavy (non-hydrogen) atoms. The second-order valence-corrected chi connectivity index (χ2v) is 5.47. The lowest BCUT2D eigenvalue weighted by molar-refractivity contribution is 0.691. The molecule has 0 radical (unpaired) electrons. The largest absolute Gasteiger partial charge is 0.372 e. The van der Waals surface area contributed by atoms with E-state index in [1.165, 1.54) is 25.7 Å². The van der Waals surface area contributed by atoms with Gasteiger partial charge in [-0.3, -0.25) is 0 Å². The highest BCUT2D eigenvalue weighted by atomic mass is 79.9. The molecule has 0 atom stereocenters. The van der Waals surface area contributed by atoms with Crippen molar-refractivity contribution in [1.82, 2.24) is 25.4 Å². The summed E-state index contributed by atoms with van der Waals surface area (Å²) in [4.78, 5) is 9.16. The van der Waals surface area contributed by atoms with Crippen LogP contribution in [0.15, 0.2) is 10.7 Å². The highest BCUT2D eigenvalue weighted by Crippen LogP contribution is 2.39. The first-order chi connectivity index (χ1) is 9.29. The fourth-order valence-corrected chi connectivity index (χ4v) is 3.22. The van der Waals surface area contributed by atoms with Gasteiger partial charge in [-0.1, -0.05) is 12.8 Å². The van der Waals surface area contributed by atoms with Crippen LogP contribution in [0.3, 0.4) is 0 Å². The van der Waals surface area contributed by atoms with Crippen LogP contribution in [0.4, 0.5) is 5.82 Å². The van der Waals surface area contributed by atoms with Gasteiger partial charge in [0.15, 0.2) is 5.82 Å². The summed E-state index contributed by atoms with van der Waals surface area (Å²) in [5, 5.41) is 13.6. The van der Waals surface area contributed by atoms with Gasteiger partial charge in [-0.2, -0.15) is 15.4 Å². The van der Waals surface area contributed by atoms with Gasteiger partial charge >= 0.3 is 0 Å². The van der Waals surface area contributed by atoms with Gasteiger partial charge in [0.2, 0.25) is 0 Å². The maximum absolute atomic E-state index is 4.68. The number of H-pyrrole nitrogens is 1. The minimum atomic E-state index is 0.509. The number of hydrogen-bond donors (Lipinski definition) is 2. The molecule has 1 aliphatic carbocycles. The van der Waals surface area contributed by atoms with Crippen LogP contribution >= 0.6 is 15.9 Å². The summed E-state index contributed by atoms with van der Waals surface area (Å²) in [5.74, 6) is 1.92. The topological polar surface area (TPSA) is 79.4 Å². The van der Waals surface area contributed by atoms with E-state index in [1.54, 1.807) is 6.20 Å². The highest BCUT2D eigenvalue weighted by molar-refractivity contribution is 9.10. The fourth-order valence-electron chi connectivity index (χ4n) is 2.52. The Morgan fingerprint density at radius 2 is 2.11 bits per heavy atom. The quantitative estimate of drug-likeness (QED) is 0.908. The van der Waals surface area contributed by atoms with E-state index in [1.807, 2.05) is 7.05 Å². The van der Waals surface area contributed by atoms with E-state index >= 15 is 0 Å². The third kappa shape index (κ3) is 2.34. The van der Waals surface area contributed by atoms with Crippen molar-refractivity contribution in [2.75, 3.05) is 12.4 Å². The number of nitrogens with one attached hydrogen (secondary N) is 2. The minimum Gasteiger partial charge on any atom is -0.372 e. The Kier molecular flexibility index (Phi) is 3.46. The zero-order chi connectivity index (χ0) is 13.2. The maximum atomic E-state index is 4.68. The number of aromatic nitrogens is 5. The average Bonchev–Trinajstić information content (AvgIpc) is 3.12. The lowest BCUT2D eigenvalue weighted by Crippen LogP contribution is -2.06. The summed E-state index contributed by atoms with van der Waals surface area (Å²) in [6.45, 7) is 0. The molecule has 0 saturated heterocycles. The molecule has 6 nitrogen and oxygen atoms in total. The van der Waals surface area contributed by atoms with Crippen molar-refractivity contribution in [1.29, 1.82) is 0 Å². The van der Waals surface area contributed by atoms with Crippen LogP contribution in [0, 0.1) is 0 Å². The Bertz CT molecular complexity index is 562. The number of halogens is 1. The first kappa shape index (κ1) is 12.5. The molecule has 2 heterocycles. The third-order valence-corrected chi connectivity index (χ3v) is 4.28. The fraction of sp³-hybridized carbons (Fsp3) is 0.500. The van der Waals surface area contributed by atoms with Gasteiger partial charge in [0.1, 0.15) is 11.5 Å². The Labute approximate surface area is 119 Å². The van der Waals surface area contributed by atoms with Crippen molar-refractivity contribution in [3.05, 3.63) is 16.4 Å². The molecule has 1 aliphatic rings. The van der Waals surface area contributed by atoms with Crippen molar-refractivity contribution in [2.24, 2.45) is 0 Å². The normalized spacial score (nSPS) is 15.9. The zero-order valence-corrected chi connectivity index (χ0v) is 12.2. The number of rotatable bonds is 3. The first-order valence-corrected chi connectivity index (χ1v) is 7.20. The monoisotopic (exact) mass is 322 g/mol. The molecule has 7 heteroatoms. The average molecular weight is 323 g/mol. The van der Waals surface area contributed by atoms with Gasteiger partial charge in [-0.25, -0.2) is 9.97 Å². The van der Waals surface area contributed by atoms with Gasteiger partial charge in [0, 0.05) is 13.0 Å². The van der Waals surface area contributed by atoms with Gasteiger partial charge < -0.3 is 5.32 Å². The van der Waals surface area contributed by atoms with Crippen LogP contribution in [-0.4, -0.2) is 32.4 Å². The zero-order valence-electron chi connectivity index (χ0n) is 10.6. The molecule has 2 N–H and O–H groups in total. The number of anilines is 1. The van der Waals surface area contributed by atoms with Gasteiger partial charge in [0.25, 0.3) is 0 Å². The van der Waals surface area contributed by atoms with E-state index in [-0.39, 0.29) is 0 Å². The molecule has 100 valence electrons. The molecule has 0 bridgehead atoms. The van der Waals surface area contributed by atoms with Crippen molar-refractivity contribution < 1.29 is 0 Å². The number of aromatic amines is 1. The first-order valence-electron chi connectivity index (χ1n) is 6.41. The summed E-state index contributed by atoms with van der Waals surface area (Å²) < 4.78 is 0.967. The molecule has 0 aliphatic heterocycles. The summed E-state index contributed by atoms with van der Waals surface area (Å²) >= 11 is 3.62. The summed E-state index contributed by atoms with van der Waals surface area (Å²) in [5.41, 5.74) is 1.75. The highest BCUT2D eigenvalue weighted by Gasteiger charge is 2.24. The third-order valence-electron chi connectivity index (χ3n) is 3.50. The molecule has 0 aromatic carbocycles. The molecular formula is C12H15BrN6. The van der Waals surface area contributed by atoms with Gasteiger partial charge in [0.05, 0.1) is 16.4 Å². The van der Waals surface area contributed by atoms with Crippen LogP contribution in [0.1, 0.15) is 37.3 Å². The summed E-state index contributed by atoms with van der Waals surface area (Å²) in [6.07, 6.45) is 6.57. The van der Waals surface area contributed by atoms with Crippen LogP contribution in [0.5, 0.6) is 0 Å². The second-order valence-electron chi connectivity index (χ2n) is 4.68. The molecule has 0 amide bonds. The molecule has 1 fully saturated rings. The summed E-state index contributed by atoms with van der Waals surface area (Å²) in [6, 6.07) is 0. The summed E-state index contributed by atoms with van der Waals surface area (Å²) in [7, 11) is 1.86. The molecule has 0 spiro atoms. The number of hydrogen-bond acceptors (Lipinski definition) is 5. The lowest BCUT2D eigenvalue weighted by Gasteiger charge is -2.14. The van der Waals surface area contributed by atoms with E-state index in [0.717, 1.165) is 16.0 Å². The van der Waals surface area contributed by atoms with E-state index in [9.17, 15) is 0 Å². The smallest absolute Gasteiger partial charge is 0.184 e. The molecular weight excluding hydrogens is 308 g/mol. The van der Waals surface area contributed by atoms with Crippen LogP contribution in [0.25, 0.3) is 11.5 Å². The van der Waals surface area contributed by atoms with E-state index in [4.69, 9.17) is 0 Å². The Morgan fingerprint density at radius 3 is 2.74 bits per heavy atom. The predicted molar refractivity (Wildman–Crippen MR) is 75.9 cm³/mol.